The summed E-state index contributed by atoms with van der Waals surface area (Å²) in [4.78, 5) is 11.5. The number of aliphatic hydroxyl groups excluding tert-OH is 4. The average Bonchev–Trinajstić information content (AvgIpc) is 2.81. The largest absolute Gasteiger partial charge is 0.394 e. The second-order valence-electron chi connectivity index (χ2n) is 9.46. The van der Waals surface area contributed by atoms with E-state index in [2.05, 4.69) is 18.3 Å². The van der Waals surface area contributed by atoms with E-state index in [9.17, 15) is 25.2 Å². The Hall–Kier alpha value is -1.03. The van der Waals surface area contributed by atoms with Crippen LogP contribution in [0.15, 0.2) is 12.2 Å². The molecule has 1 aliphatic rings. The summed E-state index contributed by atoms with van der Waals surface area (Å²) in [5.41, 5.74) is 0. The highest BCUT2D eigenvalue weighted by molar-refractivity contribution is 5.73. The van der Waals surface area contributed by atoms with Crippen molar-refractivity contribution in [3.63, 3.8) is 0 Å². The van der Waals surface area contributed by atoms with E-state index in [1.807, 2.05) is 6.08 Å². The van der Waals surface area contributed by atoms with Gasteiger partial charge < -0.3 is 35.2 Å². The number of hydrogen-bond donors (Lipinski definition) is 5. The summed E-state index contributed by atoms with van der Waals surface area (Å²) in [6.45, 7) is 3.22. The van der Waals surface area contributed by atoms with E-state index in [1.165, 1.54) is 71.1 Å². The highest BCUT2D eigenvalue weighted by atomic mass is 16.7. The summed E-state index contributed by atoms with van der Waals surface area (Å²) in [7, 11) is 0. The van der Waals surface area contributed by atoms with Crippen LogP contribution in [0.3, 0.4) is 0 Å². The maximum absolute atomic E-state index is 11.5. The molecule has 0 spiro atoms. The van der Waals surface area contributed by atoms with Gasteiger partial charge in [0.15, 0.2) is 6.29 Å². The van der Waals surface area contributed by atoms with Gasteiger partial charge in [-0.25, -0.2) is 0 Å². The van der Waals surface area contributed by atoms with E-state index >= 15 is 0 Å². The smallest absolute Gasteiger partial charge is 0.217 e. The minimum Gasteiger partial charge on any atom is -0.394 e. The first kappa shape index (κ1) is 31.0. The Morgan fingerprint density at radius 1 is 0.912 bits per heavy atom. The Bertz CT molecular complexity index is 543. The van der Waals surface area contributed by atoms with E-state index in [1.54, 1.807) is 0 Å². The summed E-state index contributed by atoms with van der Waals surface area (Å²) in [5, 5.41) is 41.9. The average molecular weight is 488 g/mol. The molecule has 0 aromatic carbocycles. The zero-order chi connectivity index (χ0) is 25.2. The van der Waals surface area contributed by atoms with Crippen LogP contribution in [0.25, 0.3) is 0 Å². The predicted molar refractivity (Wildman–Crippen MR) is 132 cm³/mol. The third-order valence-electron chi connectivity index (χ3n) is 6.28. The summed E-state index contributed by atoms with van der Waals surface area (Å²) in [6, 6.07) is -0.321. The lowest BCUT2D eigenvalue weighted by Crippen LogP contribution is -2.59. The minimum absolute atomic E-state index is 0.0606. The van der Waals surface area contributed by atoms with Crippen molar-refractivity contribution >= 4 is 5.91 Å². The highest BCUT2D eigenvalue weighted by Gasteiger charge is 2.44. The standard InChI is InChI=1S/C26H49NO7/c1-3-4-5-6-7-8-9-10-11-12-13-14-15-16-17-21(27-20(2)29)19-33-26-25(32)24(31)23(30)22(18-28)34-26/h15-16,21-26,28,30-32H,3-14,17-19H2,1-2H3,(H,27,29)/b16-15+. The molecule has 6 unspecified atom stereocenters. The summed E-state index contributed by atoms with van der Waals surface area (Å²) >= 11 is 0. The van der Waals surface area contributed by atoms with Gasteiger partial charge in [0.2, 0.25) is 5.91 Å². The molecule has 0 radical (unpaired) electrons. The molecule has 200 valence electrons. The molecule has 0 aromatic heterocycles. The highest BCUT2D eigenvalue weighted by Crippen LogP contribution is 2.22. The van der Waals surface area contributed by atoms with E-state index in [4.69, 9.17) is 9.47 Å². The van der Waals surface area contributed by atoms with Gasteiger partial charge in [-0.05, 0) is 19.3 Å². The molecular weight excluding hydrogens is 438 g/mol. The van der Waals surface area contributed by atoms with Crippen molar-refractivity contribution in [3.8, 4) is 0 Å². The molecule has 1 fully saturated rings. The number of rotatable bonds is 19. The Morgan fingerprint density at radius 3 is 2.06 bits per heavy atom. The fourth-order valence-electron chi connectivity index (χ4n) is 4.18. The van der Waals surface area contributed by atoms with Gasteiger partial charge in [0.05, 0.1) is 19.3 Å². The molecule has 0 aromatic rings. The lowest BCUT2D eigenvalue weighted by atomic mass is 9.99. The number of carbonyl (C=O) groups excluding carboxylic acids is 1. The summed E-state index contributed by atoms with van der Waals surface area (Å²) < 4.78 is 10.9. The van der Waals surface area contributed by atoms with Crippen molar-refractivity contribution in [2.24, 2.45) is 0 Å². The molecule has 1 heterocycles. The van der Waals surface area contributed by atoms with Crippen LogP contribution < -0.4 is 5.32 Å². The van der Waals surface area contributed by atoms with Crippen molar-refractivity contribution < 1.29 is 34.7 Å². The van der Waals surface area contributed by atoms with Crippen molar-refractivity contribution in [1.29, 1.82) is 0 Å². The van der Waals surface area contributed by atoms with Gasteiger partial charge in [-0.3, -0.25) is 4.79 Å². The summed E-state index contributed by atoms with van der Waals surface area (Å²) in [6.07, 6.45) is 13.6. The van der Waals surface area contributed by atoms with E-state index in [0.29, 0.717) is 6.42 Å². The van der Waals surface area contributed by atoms with Crippen LogP contribution in [0.1, 0.15) is 97.3 Å². The molecule has 1 rings (SSSR count). The molecule has 6 atom stereocenters. The molecule has 8 heteroatoms. The number of allylic oxidation sites excluding steroid dienone is 1. The van der Waals surface area contributed by atoms with Crippen LogP contribution in [0.2, 0.25) is 0 Å². The van der Waals surface area contributed by atoms with E-state index < -0.39 is 37.3 Å². The number of hydrogen-bond acceptors (Lipinski definition) is 7. The van der Waals surface area contributed by atoms with Crippen LogP contribution in [0.5, 0.6) is 0 Å². The monoisotopic (exact) mass is 487 g/mol. The fraction of sp³-hybridized carbons (Fsp3) is 0.885. The van der Waals surface area contributed by atoms with Crippen molar-refractivity contribution in [3.05, 3.63) is 12.2 Å². The second-order valence-corrected chi connectivity index (χ2v) is 9.46. The number of aliphatic hydroxyl groups is 4. The lowest BCUT2D eigenvalue weighted by Gasteiger charge is -2.40. The first-order valence-corrected chi connectivity index (χ1v) is 13.2. The van der Waals surface area contributed by atoms with Crippen molar-refractivity contribution in [2.75, 3.05) is 13.2 Å². The molecule has 1 amide bonds. The Labute approximate surface area is 205 Å². The van der Waals surface area contributed by atoms with Crippen molar-refractivity contribution in [1.82, 2.24) is 5.32 Å². The molecular formula is C26H49NO7. The summed E-state index contributed by atoms with van der Waals surface area (Å²) in [5.74, 6) is -0.193. The van der Waals surface area contributed by atoms with E-state index in [-0.39, 0.29) is 18.6 Å². The fourth-order valence-corrected chi connectivity index (χ4v) is 4.18. The Kier molecular flexibility index (Phi) is 17.5. The normalized spacial score (nSPS) is 26.1. The first-order valence-electron chi connectivity index (χ1n) is 13.2. The molecule has 0 aliphatic carbocycles. The number of ether oxygens (including phenoxy) is 2. The topological polar surface area (TPSA) is 128 Å². The number of carbonyl (C=O) groups is 1. The Balaban J connectivity index is 2.22. The molecule has 0 bridgehead atoms. The van der Waals surface area contributed by atoms with Gasteiger partial charge in [0, 0.05) is 6.92 Å². The third kappa shape index (κ3) is 13.2. The van der Waals surface area contributed by atoms with Gasteiger partial charge in [-0.1, -0.05) is 83.3 Å². The lowest BCUT2D eigenvalue weighted by molar-refractivity contribution is -0.302. The van der Waals surface area contributed by atoms with Gasteiger partial charge in [-0.2, -0.15) is 0 Å². The molecule has 1 aliphatic heterocycles. The molecule has 0 saturated carbocycles. The quantitative estimate of drug-likeness (QED) is 0.140. The SMILES string of the molecule is CCCCCCCCCCCCC/C=C/CC(COC1OC(CO)C(O)C(O)C1O)NC(C)=O. The zero-order valence-corrected chi connectivity index (χ0v) is 21.2. The maximum atomic E-state index is 11.5. The van der Waals surface area contributed by atoms with Gasteiger partial charge in [-0.15, -0.1) is 0 Å². The van der Waals surface area contributed by atoms with Crippen molar-refractivity contribution in [2.45, 2.75) is 134 Å². The van der Waals surface area contributed by atoms with Gasteiger partial charge in [0.1, 0.15) is 24.4 Å². The van der Waals surface area contributed by atoms with Gasteiger partial charge >= 0.3 is 0 Å². The van der Waals surface area contributed by atoms with Gasteiger partial charge in [0.25, 0.3) is 0 Å². The minimum atomic E-state index is -1.49. The number of amides is 1. The number of nitrogens with one attached hydrogen (secondary N) is 1. The molecule has 5 N–H and O–H groups in total. The number of unbranched alkanes of at least 4 members (excludes halogenated alkanes) is 11. The van der Waals surface area contributed by atoms with Crippen LogP contribution in [0.4, 0.5) is 0 Å². The third-order valence-corrected chi connectivity index (χ3v) is 6.28. The Morgan fingerprint density at radius 2 is 1.50 bits per heavy atom. The molecule has 1 saturated heterocycles. The second kappa shape index (κ2) is 19.2. The molecule has 8 nitrogen and oxygen atoms in total. The van der Waals surface area contributed by atoms with Crippen LogP contribution in [-0.4, -0.2) is 76.3 Å². The maximum Gasteiger partial charge on any atom is 0.217 e. The first-order chi connectivity index (χ1) is 16.4. The zero-order valence-electron chi connectivity index (χ0n) is 21.2. The molecule has 34 heavy (non-hydrogen) atoms. The predicted octanol–water partition coefficient (Wildman–Crippen LogP) is 2.96. The van der Waals surface area contributed by atoms with Crippen LogP contribution >= 0.6 is 0 Å². The van der Waals surface area contributed by atoms with Crippen LogP contribution in [0, 0.1) is 0 Å². The van der Waals surface area contributed by atoms with Crippen LogP contribution in [-0.2, 0) is 14.3 Å². The van der Waals surface area contributed by atoms with E-state index in [0.717, 1.165) is 12.8 Å².